The summed E-state index contributed by atoms with van der Waals surface area (Å²) in [6.07, 6.45) is 1.72. The second-order valence-corrected chi connectivity index (χ2v) is 4.10. The molecule has 2 aromatic carbocycles. The van der Waals surface area contributed by atoms with E-state index in [4.69, 9.17) is 4.74 Å². The van der Waals surface area contributed by atoms with Crippen LogP contribution in [0.25, 0.3) is 10.9 Å². The predicted molar refractivity (Wildman–Crippen MR) is 72.9 cm³/mol. The molecule has 0 atom stereocenters. The number of hydrogen-bond donors (Lipinski definition) is 1. The molecule has 0 bridgehead atoms. The molecule has 0 aliphatic carbocycles. The molecule has 19 heavy (non-hydrogen) atoms. The van der Waals surface area contributed by atoms with E-state index in [1.807, 2.05) is 24.3 Å². The van der Waals surface area contributed by atoms with Crippen molar-refractivity contribution in [1.82, 2.24) is 4.98 Å². The van der Waals surface area contributed by atoms with Crippen molar-refractivity contribution < 1.29 is 4.74 Å². The molecule has 0 saturated carbocycles. The summed E-state index contributed by atoms with van der Waals surface area (Å²) in [6.45, 7) is 0. The number of rotatable bonds is 3. The number of ether oxygens (including phenoxy) is 1. The lowest BCUT2D eigenvalue weighted by molar-refractivity contribution is 0.408. The molecule has 0 aliphatic rings. The smallest absolute Gasteiger partial charge is 0.272 e. The third-order valence-electron chi connectivity index (χ3n) is 2.94. The summed E-state index contributed by atoms with van der Waals surface area (Å²) in [7, 11) is 1.37. The maximum absolute atomic E-state index is 11.4. The summed E-state index contributed by atoms with van der Waals surface area (Å²) >= 11 is 0. The zero-order valence-electron chi connectivity index (χ0n) is 10.1. The van der Waals surface area contributed by atoms with Crippen molar-refractivity contribution in [3.8, 4) is 5.75 Å². The van der Waals surface area contributed by atoms with Gasteiger partial charge in [0.15, 0.2) is 5.75 Å². The van der Waals surface area contributed by atoms with E-state index in [1.54, 1.807) is 12.3 Å². The molecule has 3 aromatic rings. The summed E-state index contributed by atoms with van der Waals surface area (Å²) in [5, 5.41) is 3.86. The van der Waals surface area contributed by atoms with Crippen LogP contribution in [0.4, 0.5) is 11.4 Å². The van der Waals surface area contributed by atoms with Crippen molar-refractivity contribution in [3.05, 3.63) is 57.0 Å². The van der Waals surface area contributed by atoms with Crippen LogP contribution in [-0.2, 0) is 0 Å². The Morgan fingerprint density at radius 3 is 2.79 bits per heavy atom. The van der Waals surface area contributed by atoms with E-state index >= 15 is 0 Å². The Morgan fingerprint density at radius 2 is 2.00 bits per heavy atom. The van der Waals surface area contributed by atoms with Gasteiger partial charge in [0, 0.05) is 17.3 Å². The molecule has 0 spiro atoms. The second-order valence-electron chi connectivity index (χ2n) is 4.10. The first-order chi connectivity index (χ1) is 9.20. The van der Waals surface area contributed by atoms with Crippen LogP contribution < -0.4 is 20.9 Å². The molecule has 5 heteroatoms. The molecule has 0 saturated heterocycles. The number of benzene rings is 1. The standard InChI is InChI=1S/C14H10N2O3/c1-19-14-11(12(17)13(14)18)16-9-4-5-10-8(7-9)3-2-6-15-10/h2-7,16H,1H3. The Bertz CT molecular complexity index is 832. The topological polar surface area (TPSA) is 68.3 Å². The number of aromatic nitrogens is 1. The Kier molecular flexibility index (Phi) is 2.52. The monoisotopic (exact) mass is 254 g/mol. The summed E-state index contributed by atoms with van der Waals surface area (Å²) in [5.74, 6) is 0.0799. The number of anilines is 2. The van der Waals surface area contributed by atoms with Gasteiger partial charge in [0.2, 0.25) is 0 Å². The number of nitrogens with zero attached hydrogens (tertiary/aromatic N) is 1. The first-order valence-corrected chi connectivity index (χ1v) is 5.70. The molecule has 3 rings (SSSR count). The Morgan fingerprint density at radius 1 is 1.16 bits per heavy atom. The Hall–Kier alpha value is -2.69. The van der Waals surface area contributed by atoms with Gasteiger partial charge in [-0.05, 0) is 24.3 Å². The highest BCUT2D eigenvalue weighted by Crippen LogP contribution is 2.24. The SMILES string of the molecule is COc1c(Nc2ccc3ncccc3c2)c(=O)c1=O. The highest BCUT2D eigenvalue weighted by Gasteiger charge is 2.21. The van der Waals surface area contributed by atoms with Gasteiger partial charge in [0.25, 0.3) is 10.9 Å². The van der Waals surface area contributed by atoms with Crippen LogP contribution in [0.15, 0.2) is 46.1 Å². The van der Waals surface area contributed by atoms with Gasteiger partial charge < -0.3 is 10.1 Å². The fourth-order valence-electron chi connectivity index (χ4n) is 1.98. The fraction of sp³-hybridized carbons (Fsp3) is 0.0714. The van der Waals surface area contributed by atoms with Gasteiger partial charge in [-0.1, -0.05) is 6.07 Å². The molecule has 0 radical (unpaired) electrons. The minimum atomic E-state index is -0.590. The lowest BCUT2D eigenvalue weighted by Gasteiger charge is -2.12. The summed E-state index contributed by atoms with van der Waals surface area (Å²) in [4.78, 5) is 26.9. The Labute approximate surface area is 108 Å². The van der Waals surface area contributed by atoms with Crippen LogP contribution in [0.3, 0.4) is 0 Å². The number of methoxy groups -OCH3 is 1. The summed E-state index contributed by atoms with van der Waals surface area (Å²) in [5.41, 5.74) is 0.641. The van der Waals surface area contributed by atoms with Crippen molar-refractivity contribution in [3.63, 3.8) is 0 Å². The molecule has 0 unspecified atom stereocenters. The van der Waals surface area contributed by atoms with Crippen LogP contribution in [0.2, 0.25) is 0 Å². The van der Waals surface area contributed by atoms with E-state index in [-0.39, 0.29) is 11.4 Å². The van der Waals surface area contributed by atoms with Gasteiger partial charge in [-0.15, -0.1) is 0 Å². The second kappa shape index (κ2) is 4.20. The number of fused-ring (bicyclic) bond motifs is 1. The van der Waals surface area contributed by atoms with Crippen LogP contribution >= 0.6 is 0 Å². The van der Waals surface area contributed by atoms with Gasteiger partial charge in [-0.2, -0.15) is 0 Å². The first kappa shape index (κ1) is 11.4. The van der Waals surface area contributed by atoms with Crippen LogP contribution in [0, 0.1) is 0 Å². The summed E-state index contributed by atoms with van der Waals surface area (Å²) in [6, 6.07) is 9.26. The van der Waals surface area contributed by atoms with Crippen LogP contribution in [0.1, 0.15) is 0 Å². The quantitative estimate of drug-likeness (QED) is 0.719. The van der Waals surface area contributed by atoms with E-state index in [9.17, 15) is 9.59 Å². The number of hydrogen-bond acceptors (Lipinski definition) is 5. The molecule has 94 valence electrons. The molecule has 0 amide bonds. The van der Waals surface area contributed by atoms with Gasteiger partial charge in [0.1, 0.15) is 5.69 Å². The molecule has 1 aromatic heterocycles. The third kappa shape index (κ3) is 1.76. The first-order valence-electron chi connectivity index (χ1n) is 5.70. The predicted octanol–water partition coefficient (Wildman–Crippen LogP) is 1.58. The number of pyridine rings is 1. The maximum atomic E-state index is 11.4. The highest BCUT2D eigenvalue weighted by molar-refractivity contribution is 5.84. The molecule has 1 heterocycles. The largest absolute Gasteiger partial charge is 0.491 e. The lowest BCUT2D eigenvalue weighted by atomic mass is 10.1. The Balaban J connectivity index is 2.00. The minimum Gasteiger partial charge on any atom is -0.491 e. The molecule has 1 N–H and O–H groups in total. The van der Waals surface area contributed by atoms with E-state index in [0.29, 0.717) is 5.69 Å². The average molecular weight is 254 g/mol. The van der Waals surface area contributed by atoms with Crippen LogP contribution in [0.5, 0.6) is 5.75 Å². The molecule has 0 fully saturated rings. The van der Waals surface area contributed by atoms with Gasteiger partial charge in [0.05, 0.1) is 12.6 Å². The fourth-order valence-corrected chi connectivity index (χ4v) is 1.98. The zero-order valence-corrected chi connectivity index (χ0v) is 10.1. The van der Waals surface area contributed by atoms with E-state index in [1.165, 1.54) is 7.11 Å². The van der Waals surface area contributed by atoms with E-state index < -0.39 is 10.9 Å². The zero-order chi connectivity index (χ0) is 13.4. The van der Waals surface area contributed by atoms with Crippen molar-refractivity contribution in [2.24, 2.45) is 0 Å². The molecular formula is C14H10N2O3. The van der Waals surface area contributed by atoms with Crippen molar-refractivity contribution in [1.29, 1.82) is 0 Å². The minimum absolute atomic E-state index is 0.0799. The normalized spacial score (nSPS) is 10.8. The van der Waals surface area contributed by atoms with E-state index in [2.05, 4.69) is 10.3 Å². The third-order valence-corrected chi connectivity index (χ3v) is 2.94. The highest BCUT2D eigenvalue weighted by atomic mass is 16.5. The van der Waals surface area contributed by atoms with Gasteiger partial charge >= 0.3 is 0 Å². The van der Waals surface area contributed by atoms with Crippen molar-refractivity contribution >= 4 is 22.3 Å². The van der Waals surface area contributed by atoms with Crippen molar-refractivity contribution in [2.45, 2.75) is 0 Å². The molecular weight excluding hydrogens is 244 g/mol. The summed E-state index contributed by atoms with van der Waals surface area (Å²) < 4.78 is 4.88. The molecule has 0 aliphatic heterocycles. The van der Waals surface area contributed by atoms with Gasteiger partial charge in [-0.25, -0.2) is 0 Å². The number of nitrogens with one attached hydrogen (secondary N) is 1. The van der Waals surface area contributed by atoms with Crippen molar-refractivity contribution in [2.75, 3.05) is 12.4 Å². The van der Waals surface area contributed by atoms with E-state index in [0.717, 1.165) is 10.9 Å². The maximum Gasteiger partial charge on any atom is 0.272 e. The average Bonchev–Trinajstić information content (AvgIpc) is 2.46. The molecule has 5 nitrogen and oxygen atoms in total. The van der Waals surface area contributed by atoms with Gasteiger partial charge in [-0.3, -0.25) is 14.6 Å². The lowest BCUT2D eigenvalue weighted by Crippen LogP contribution is -2.34. The van der Waals surface area contributed by atoms with Crippen LogP contribution in [-0.4, -0.2) is 12.1 Å².